The molecule has 1 rings (SSSR count). The van der Waals surface area contributed by atoms with Gasteiger partial charge in [-0.25, -0.2) is 4.79 Å². The summed E-state index contributed by atoms with van der Waals surface area (Å²) in [6, 6.07) is 0. The summed E-state index contributed by atoms with van der Waals surface area (Å²) in [5, 5.41) is 0. The van der Waals surface area contributed by atoms with Gasteiger partial charge in [-0.2, -0.15) is 0 Å². The predicted molar refractivity (Wildman–Crippen MR) is 112 cm³/mol. The van der Waals surface area contributed by atoms with Crippen LogP contribution in [0.4, 0.5) is 0 Å². The molecule has 0 bridgehead atoms. The van der Waals surface area contributed by atoms with Gasteiger partial charge in [0.2, 0.25) is 0 Å². The number of hydrogen-bond acceptors (Lipinski definition) is 10. The van der Waals surface area contributed by atoms with E-state index >= 15 is 0 Å². The number of amides is 2. The predicted octanol–water partition coefficient (Wildman–Crippen LogP) is -0.260. The Hall–Kier alpha value is -2.15. The summed E-state index contributed by atoms with van der Waals surface area (Å²) < 4.78 is 36.8. The molecule has 1 aliphatic heterocycles. The second-order valence-electron chi connectivity index (χ2n) is 6.21. The normalized spacial score (nSPS) is 13.2. The lowest BCUT2D eigenvalue weighted by molar-refractivity contribution is -0.140. The second kappa shape index (κ2) is 19.5. The Morgan fingerprint density at radius 1 is 0.656 bits per heavy atom. The van der Waals surface area contributed by atoms with Crippen LogP contribution in [-0.4, -0.2) is 115 Å². The van der Waals surface area contributed by atoms with E-state index in [0.29, 0.717) is 72.7 Å². The van der Waals surface area contributed by atoms with Crippen molar-refractivity contribution in [1.29, 1.82) is 0 Å². The molecule has 0 aromatic carbocycles. The molecule has 182 valence electrons. The van der Waals surface area contributed by atoms with Gasteiger partial charge in [-0.1, -0.05) is 6.58 Å². The van der Waals surface area contributed by atoms with E-state index in [-0.39, 0.29) is 31.6 Å². The second-order valence-corrected chi connectivity index (χ2v) is 6.21. The topological polar surface area (TPSA) is 119 Å². The van der Waals surface area contributed by atoms with Crippen molar-refractivity contribution in [2.75, 3.05) is 92.4 Å². The molecular formula is C21H33NO10. The van der Waals surface area contributed by atoms with E-state index in [0.717, 1.165) is 11.0 Å². The van der Waals surface area contributed by atoms with E-state index in [1.165, 1.54) is 12.2 Å². The molecule has 0 spiro atoms. The maximum absolute atomic E-state index is 11.3. The molecule has 0 radical (unpaired) electrons. The van der Waals surface area contributed by atoms with Gasteiger partial charge in [-0.05, 0) is 0 Å². The van der Waals surface area contributed by atoms with Crippen LogP contribution in [0.1, 0.15) is 0 Å². The molecule has 0 aromatic rings. The van der Waals surface area contributed by atoms with E-state index in [2.05, 4.69) is 6.58 Å². The molecule has 0 unspecified atom stereocenters. The number of imide groups is 1. The molecular weight excluding hydrogens is 426 g/mol. The van der Waals surface area contributed by atoms with Crippen molar-refractivity contribution in [1.82, 2.24) is 4.90 Å². The third-order valence-corrected chi connectivity index (χ3v) is 3.86. The average molecular weight is 459 g/mol. The van der Waals surface area contributed by atoms with E-state index in [9.17, 15) is 14.4 Å². The highest BCUT2D eigenvalue weighted by Crippen LogP contribution is 2.02. The minimum Gasteiger partial charge on any atom is -0.460 e. The fraction of sp³-hybridized carbons (Fsp3) is 0.667. The van der Waals surface area contributed by atoms with Crippen molar-refractivity contribution in [3.8, 4) is 0 Å². The molecule has 32 heavy (non-hydrogen) atoms. The highest BCUT2D eigenvalue weighted by Gasteiger charge is 2.22. The zero-order valence-electron chi connectivity index (χ0n) is 18.4. The fourth-order valence-electron chi connectivity index (χ4n) is 2.27. The molecule has 0 aromatic heterocycles. The number of carbonyl (C=O) groups is 3. The van der Waals surface area contributed by atoms with Gasteiger partial charge in [0.1, 0.15) is 6.61 Å². The van der Waals surface area contributed by atoms with Crippen LogP contribution in [0.25, 0.3) is 0 Å². The third kappa shape index (κ3) is 14.8. The van der Waals surface area contributed by atoms with Gasteiger partial charge in [0.05, 0.1) is 85.8 Å². The first-order chi connectivity index (χ1) is 15.6. The number of esters is 1. The van der Waals surface area contributed by atoms with E-state index in [1.54, 1.807) is 0 Å². The molecule has 1 aliphatic rings. The molecule has 11 heteroatoms. The van der Waals surface area contributed by atoms with Crippen molar-refractivity contribution in [2.45, 2.75) is 0 Å². The van der Waals surface area contributed by atoms with Crippen molar-refractivity contribution in [3.05, 3.63) is 24.8 Å². The van der Waals surface area contributed by atoms with Crippen LogP contribution >= 0.6 is 0 Å². The first-order valence-corrected chi connectivity index (χ1v) is 10.4. The van der Waals surface area contributed by atoms with E-state index < -0.39 is 5.97 Å². The minimum atomic E-state index is -0.467. The minimum absolute atomic E-state index is 0.191. The van der Waals surface area contributed by atoms with Crippen molar-refractivity contribution in [2.24, 2.45) is 0 Å². The summed E-state index contributed by atoms with van der Waals surface area (Å²) in [5.41, 5.74) is 0. The number of rotatable bonds is 22. The molecule has 0 aliphatic carbocycles. The lowest BCUT2D eigenvalue weighted by atomic mass is 10.5. The zero-order valence-corrected chi connectivity index (χ0v) is 18.4. The van der Waals surface area contributed by atoms with Gasteiger partial charge < -0.3 is 33.2 Å². The van der Waals surface area contributed by atoms with Crippen LogP contribution in [0.5, 0.6) is 0 Å². The maximum atomic E-state index is 11.3. The highest BCUT2D eigenvalue weighted by atomic mass is 16.6. The summed E-state index contributed by atoms with van der Waals surface area (Å²) >= 11 is 0. The Morgan fingerprint density at radius 3 is 1.38 bits per heavy atom. The Kier molecular flexibility index (Phi) is 17.0. The van der Waals surface area contributed by atoms with Gasteiger partial charge in [0, 0.05) is 18.2 Å². The van der Waals surface area contributed by atoms with E-state index in [1.807, 2.05) is 0 Å². The van der Waals surface area contributed by atoms with Gasteiger partial charge in [-0.15, -0.1) is 0 Å². The zero-order chi connectivity index (χ0) is 23.3. The summed E-state index contributed by atoms with van der Waals surface area (Å²) in [5.74, 6) is -1.09. The highest BCUT2D eigenvalue weighted by molar-refractivity contribution is 6.12. The van der Waals surface area contributed by atoms with Crippen LogP contribution < -0.4 is 0 Å². The standard InChI is InChI=1S/C21H33NO10/c1-2-21(25)32-18-17-31-16-15-30-14-13-29-12-11-28-10-9-27-8-7-26-6-5-22-19(23)3-4-20(22)24/h2-4H,1,5-18H2. The van der Waals surface area contributed by atoms with Crippen molar-refractivity contribution >= 4 is 17.8 Å². The smallest absolute Gasteiger partial charge is 0.330 e. The number of nitrogens with zero attached hydrogens (tertiary/aromatic N) is 1. The summed E-state index contributed by atoms with van der Waals surface area (Å²) in [7, 11) is 0. The van der Waals surface area contributed by atoms with Gasteiger partial charge in [0.15, 0.2) is 0 Å². The van der Waals surface area contributed by atoms with Crippen LogP contribution in [0.2, 0.25) is 0 Å². The summed E-state index contributed by atoms with van der Waals surface area (Å²) in [4.78, 5) is 34.6. The maximum Gasteiger partial charge on any atom is 0.330 e. The molecule has 0 fully saturated rings. The van der Waals surface area contributed by atoms with Crippen molar-refractivity contribution in [3.63, 3.8) is 0 Å². The van der Waals surface area contributed by atoms with Crippen LogP contribution in [0.15, 0.2) is 24.8 Å². The lowest BCUT2D eigenvalue weighted by Gasteiger charge is -2.13. The largest absolute Gasteiger partial charge is 0.460 e. The number of hydrogen-bond donors (Lipinski definition) is 0. The Morgan fingerprint density at radius 2 is 1.00 bits per heavy atom. The van der Waals surface area contributed by atoms with Crippen LogP contribution in [0, 0.1) is 0 Å². The molecule has 0 saturated heterocycles. The van der Waals surface area contributed by atoms with Crippen molar-refractivity contribution < 1.29 is 47.5 Å². The van der Waals surface area contributed by atoms with Gasteiger partial charge in [0.25, 0.3) is 11.8 Å². The molecule has 11 nitrogen and oxygen atoms in total. The summed E-state index contributed by atoms with van der Waals surface area (Å²) in [6.07, 6.45) is 3.60. The monoisotopic (exact) mass is 459 g/mol. The van der Waals surface area contributed by atoms with E-state index in [4.69, 9.17) is 33.2 Å². The first-order valence-electron chi connectivity index (χ1n) is 10.4. The lowest BCUT2D eigenvalue weighted by Crippen LogP contribution is -2.33. The Balaban J connectivity index is 1.69. The third-order valence-electron chi connectivity index (χ3n) is 3.86. The SMILES string of the molecule is C=CC(=O)OCCOCCOCCOCCOCCOCCOCCN1C(=O)C=CC1=O. The molecule has 0 atom stereocenters. The molecule has 0 N–H and O–H groups in total. The Labute approximate surface area is 188 Å². The first kappa shape index (κ1) is 27.9. The number of carbonyl (C=O) groups excluding carboxylic acids is 3. The molecule has 1 heterocycles. The van der Waals surface area contributed by atoms with Crippen LogP contribution in [0.3, 0.4) is 0 Å². The molecule has 2 amide bonds. The molecule has 0 saturated carbocycles. The van der Waals surface area contributed by atoms with Gasteiger partial charge in [-0.3, -0.25) is 14.5 Å². The average Bonchev–Trinajstić information content (AvgIpc) is 3.11. The van der Waals surface area contributed by atoms with Gasteiger partial charge >= 0.3 is 5.97 Å². The number of ether oxygens (including phenoxy) is 7. The fourth-order valence-corrected chi connectivity index (χ4v) is 2.27. The quantitative estimate of drug-likeness (QED) is 0.0927. The van der Waals surface area contributed by atoms with Crippen LogP contribution in [-0.2, 0) is 47.5 Å². The Bertz CT molecular complexity index is 563. The summed E-state index contributed by atoms with van der Waals surface area (Å²) in [6.45, 7) is 8.65.